The summed E-state index contributed by atoms with van der Waals surface area (Å²) in [6.07, 6.45) is -0.675. The van der Waals surface area contributed by atoms with Crippen molar-refractivity contribution < 1.29 is 48.7 Å². The summed E-state index contributed by atoms with van der Waals surface area (Å²) in [5.74, 6) is -4.37. The SMILES string of the molecule is COC(COC(=O)c1ccccc1C(=O)O)OC.O=C(O)c1ccccc1C(=O)O. The zero-order chi connectivity index (χ0) is 22.7. The maximum atomic E-state index is 11.7. The van der Waals surface area contributed by atoms with E-state index in [0.29, 0.717) is 0 Å². The highest BCUT2D eigenvalue weighted by molar-refractivity contribution is 6.02. The van der Waals surface area contributed by atoms with Crippen molar-refractivity contribution >= 4 is 23.9 Å². The third kappa shape index (κ3) is 7.00. The van der Waals surface area contributed by atoms with Gasteiger partial charge in [-0.25, -0.2) is 19.2 Å². The van der Waals surface area contributed by atoms with Crippen LogP contribution in [-0.4, -0.2) is 66.3 Å². The van der Waals surface area contributed by atoms with E-state index in [1.54, 1.807) is 6.07 Å². The molecule has 0 aliphatic rings. The number of methoxy groups -OCH3 is 2. The quantitative estimate of drug-likeness (QED) is 0.427. The van der Waals surface area contributed by atoms with E-state index < -0.39 is 30.2 Å². The molecule has 0 spiro atoms. The van der Waals surface area contributed by atoms with Crippen LogP contribution in [0, 0.1) is 0 Å². The molecule has 0 amide bonds. The standard InChI is InChI=1S/C12H14O6.C8H6O4/c1-16-10(17-2)7-18-12(15)9-6-4-3-5-8(9)11(13)14;9-7(10)5-3-1-2-4-6(5)8(11)12/h3-6,10H,7H2,1-2H3,(H,13,14);1-4H,(H,9,10)(H,11,12). The first-order valence-corrected chi connectivity index (χ1v) is 8.33. The van der Waals surface area contributed by atoms with Gasteiger partial charge in [-0.15, -0.1) is 0 Å². The Morgan fingerprint density at radius 1 is 0.700 bits per heavy atom. The molecule has 2 rings (SSSR count). The Kier molecular flexibility index (Phi) is 9.66. The fourth-order valence-corrected chi connectivity index (χ4v) is 2.16. The molecule has 30 heavy (non-hydrogen) atoms. The van der Waals surface area contributed by atoms with Gasteiger partial charge in [0.25, 0.3) is 0 Å². The molecule has 10 nitrogen and oxygen atoms in total. The lowest BCUT2D eigenvalue weighted by Crippen LogP contribution is -2.23. The average molecular weight is 420 g/mol. The topological polar surface area (TPSA) is 157 Å². The largest absolute Gasteiger partial charge is 0.478 e. The summed E-state index contributed by atoms with van der Waals surface area (Å²) in [4.78, 5) is 43.6. The predicted molar refractivity (Wildman–Crippen MR) is 102 cm³/mol. The van der Waals surface area contributed by atoms with Crippen LogP contribution in [0.3, 0.4) is 0 Å². The van der Waals surface area contributed by atoms with Gasteiger partial charge < -0.3 is 29.5 Å². The molecule has 3 N–H and O–H groups in total. The molecule has 0 saturated carbocycles. The summed E-state index contributed by atoms with van der Waals surface area (Å²) < 4.78 is 14.6. The van der Waals surface area contributed by atoms with Crippen LogP contribution in [0.2, 0.25) is 0 Å². The van der Waals surface area contributed by atoms with E-state index in [1.807, 2.05) is 0 Å². The van der Waals surface area contributed by atoms with Crippen LogP contribution in [0.15, 0.2) is 48.5 Å². The van der Waals surface area contributed by atoms with Crippen LogP contribution in [0.4, 0.5) is 0 Å². The number of hydrogen-bond donors (Lipinski definition) is 3. The van der Waals surface area contributed by atoms with E-state index in [9.17, 15) is 19.2 Å². The van der Waals surface area contributed by atoms with Crippen molar-refractivity contribution in [2.45, 2.75) is 6.29 Å². The van der Waals surface area contributed by atoms with E-state index in [-0.39, 0.29) is 28.9 Å². The van der Waals surface area contributed by atoms with E-state index >= 15 is 0 Å². The molecular formula is C20H20O10. The number of aromatic carboxylic acids is 3. The van der Waals surface area contributed by atoms with Crippen molar-refractivity contribution in [1.29, 1.82) is 0 Å². The van der Waals surface area contributed by atoms with Gasteiger partial charge in [-0.1, -0.05) is 24.3 Å². The molecule has 2 aromatic rings. The minimum atomic E-state index is -1.23. The summed E-state index contributed by atoms with van der Waals surface area (Å²) in [6.45, 7) is -0.111. The highest BCUT2D eigenvalue weighted by Crippen LogP contribution is 2.11. The van der Waals surface area contributed by atoms with E-state index in [4.69, 9.17) is 29.5 Å². The summed E-state index contributed by atoms with van der Waals surface area (Å²) >= 11 is 0. The van der Waals surface area contributed by atoms with Gasteiger partial charge in [-0.2, -0.15) is 0 Å². The van der Waals surface area contributed by atoms with Crippen molar-refractivity contribution in [3.8, 4) is 0 Å². The van der Waals surface area contributed by atoms with Crippen molar-refractivity contribution in [2.75, 3.05) is 20.8 Å². The number of carboxylic acids is 3. The normalized spacial score (nSPS) is 9.97. The van der Waals surface area contributed by atoms with Crippen molar-refractivity contribution in [2.24, 2.45) is 0 Å². The Balaban J connectivity index is 0.000000325. The second-order valence-corrected chi connectivity index (χ2v) is 5.51. The molecular weight excluding hydrogens is 400 g/mol. The first-order chi connectivity index (χ1) is 14.2. The third-order valence-electron chi connectivity index (χ3n) is 3.64. The molecule has 0 fully saturated rings. The van der Waals surface area contributed by atoms with Crippen molar-refractivity contribution in [3.05, 3.63) is 70.8 Å². The Morgan fingerprint density at radius 2 is 1.03 bits per heavy atom. The van der Waals surface area contributed by atoms with E-state index in [1.165, 1.54) is 56.7 Å². The lowest BCUT2D eigenvalue weighted by molar-refractivity contribution is -0.129. The molecule has 160 valence electrons. The number of carbonyl (C=O) groups excluding carboxylic acids is 1. The molecule has 0 saturated heterocycles. The van der Waals surface area contributed by atoms with Crippen LogP contribution in [-0.2, 0) is 14.2 Å². The van der Waals surface area contributed by atoms with E-state index in [2.05, 4.69) is 0 Å². The molecule has 0 aliphatic carbocycles. The summed E-state index contributed by atoms with van der Waals surface area (Å²) in [7, 11) is 2.82. The average Bonchev–Trinajstić information content (AvgIpc) is 2.74. The van der Waals surface area contributed by atoms with Crippen LogP contribution < -0.4 is 0 Å². The van der Waals surface area contributed by atoms with Gasteiger partial charge in [0.1, 0.15) is 6.61 Å². The second kappa shape index (κ2) is 11.9. The van der Waals surface area contributed by atoms with Gasteiger partial charge in [0.2, 0.25) is 0 Å². The summed E-state index contributed by atoms with van der Waals surface area (Å²) in [5.41, 5.74) is -0.486. The van der Waals surface area contributed by atoms with E-state index in [0.717, 1.165) is 0 Å². The maximum absolute atomic E-state index is 11.7. The zero-order valence-electron chi connectivity index (χ0n) is 16.1. The molecule has 0 unspecified atom stereocenters. The van der Waals surface area contributed by atoms with Gasteiger partial charge in [0.15, 0.2) is 6.29 Å². The minimum Gasteiger partial charge on any atom is -0.478 e. The lowest BCUT2D eigenvalue weighted by Gasteiger charge is -2.13. The Morgan fingerprint density at radius 3 is 1.37 bits per heavy atom. The van der Waals surface area contributed by atoms with Gasteiger partial charge in [-0.05, 0) is 24.3 Å². The Bertz CT molecular complexity index is 869. The summed E-state index contributed by atoms with van der Waals surface area (Å²) in [5, 5.41) is 26.0. The monoisotopic (exact) mass is 420 g/mol. The molecule has 2 aromatic carbocycles. The summed E-state index contributed by atoms with van der Waals surface area (Å²) in [6, 6.07) is 11.3. The Labute approximate surface area is 171 Å². The molecule has 0 aliphatic heterocycles. The lowest BCUT2D eigenvalue weighted by atomic mass is 10.1. The van der Waals surface area contributed by atoms with Crippen LogP contribution in [0.25, 0.3) is 0 Å². The van der Waals surface area contributed by atoms with Crippen LogP contribution in [0.1, 0.15) is 41.4 Å². The molecule has 0 heterocycles. The molecule has 0 radical (unpaired) electrons. The molecule has 0 bridgehead atoms. The van der Waals surface area contributed by atoms with Gasteiger partial charge >= 0.3 is 23.9 Å². The van der Waals surface area contributed by atoms with Crippen molar-refractivity contribution in [1.82, 2.24) is 0 Å². The minimum absolute atomic E-state index is 0.00374. The smallest absolute Gasteiger partial charge is 0.339 e. The second-order valence-electron chi connectivity index (χ2n) is 5.51. The highest BCUT2D eigenvalue weighted by atomic mass is 16.7. The van der Waals surface area contributed by atoms with Gasteiger partial charge in [0.05, 0.1) is 22.3 Å². The first-order valence-electron chi connectivity index (χ1n) is 8.33. The number of esters is 1. The van der Waals surface area contributed by atoms with Crippen LogP contribution in [0.5, 0.6) is 0 Å². The number of rotatable bonds is 8. The number of benzene rings is 2. The molecule has 10 heteroatoms. The Hall–Kier alpha value is -3.76. The predicted octanol–water partition coefficient (Wildman–Crippen LogP) is 2.24. The highest BCUT2D eigenvalue weighted by Gasteiger charge is 2.18. The molecule has 0 aromatic heterocycles. The van der Waals surface area contributed by atoms with Gasteiger partial charge in [0, 0.05) is 14.2 Å². The van der Waals surface area contributed by atoms with Gasteiger partial charge in [-0.3, -0.25) is 0 Å². The number of ether oxygens (including phenoxy) is 3. The van der Waals surface area contributed by atoms with Crippen molar-refractivity contribution in [3.63, 3.8) is 0 Å². The molecule has 0 atom stereocenters. The fraction of sp³-hybridized carbons (Fsp3) is 0.200. The number of carboxylic acid groups (broad SMARTS) is 3. The zero-order valence-corrected chi connectivity index (χ0v) is 16.1. The first kappa shape index (κ1) is 24.3. The number of carbonyl (C=O) groups is 4. The maximum Gasteiger partial charge on any atom is 0.339 e. The third-order valence-corrected chi connectivity index (χ3v) is 3.64. The fourth-order valence-electron chi connectivity index (χ4n) is 2.16. The number of hydrogen-bond acceptors (Lipinski definition) is 7. The van der Waals surface area contributed by atoms with Crippen LogP contribution >= 0.6 is 0 Å².